The van der Waals surface area contributed by atoms with Crippen molar-refractivity contribution in [2.75, 3.05) is 11.1 Å². The van der Waals surface area contributed by atoms with Crippen LogP contribution in [0.5, 0.6) is 0 Å². The minimum atomic E-state index is 0.558. The van der Waals surface area contributed by atoms with Crippen molar-refractivity contribution in [3.63, 3.8) is 0 Å². The molecule has 0 aliphatic rings. The Labute approximate surface area is 95.1 Å². The number of nitrogens with two attached hydrogens (primary N) is 2. The third-order valence-corrected chi connectivity index (χ3v) is 2.36. The van der Waals surface area contributed by atoms with Crippen LogP contribution in [0, 0.1) is 6.07 Å². The second-order valence-corrected chi connectivity index (χ2v) is 3.54. The van der Waals surface area contributed by atoms with Gasteiger partial charge in [0.25, 0.3) is 0 Å². The van der Waals surface area contributed by atoms with Crippen molar-refractivity contribution < 1.29 is 0 Å². The fraction of sp³-hybridized carbons (Fsp3) is 0.0769. The van der Waals surface area contributed by atoms with E-state index >= 15 is 0 Å². The number of benzene rings is 2. The molecule has 0 aliphatic heterocycles. The molecule has 2 aromatic rings. The van der Waals surface area contributed by atoms with Gasteiger partial charge in [0.05, 0.1) is 11.4 Å². The summed E-state index contributed by atoms with van der Waals surface area (Å²) >= 11 is 0. The van der Waals surface area contributed by atoms with Crippen LogP contribution in [0.15, 0.2) is 42.5 Å². The van der Waals surface area contributed by atoms with Crippen molar-refractivity contribution in [3.05, 3.63) is 54.1 Å². The van der Waals surface area contributed by atoms with Crippen molar-refractivity contribution in [1.29, 1.82) is 0 Å². The third-order valence-electron chi connectivity index (χ3n) is 2.36. The zero-order valence-electron chi connectivity index (χ0n) is 8.90. The Morgan fingerprint density at radius 2 is 1.88 bits per heavy atom. The first-order chi connectivity index (χ1) is 7.79. The number of nitrogens with one attached hydrogen (secondary N) is 1. The van der Waals surface area contributed by atoms with E-state index in [0.29, 0.717) is 12.2 Å². The third kappa shape index (κ3) is 2.32. The van der Waals surface area contributed by atoms with Crippen molar-refractivity contribution in [1.82, 2.24) is 0 Å². The molecule has 0 amide bonds. The second kappa shape index (κ2) is 4.68. The zero-order chi connectivity index (χ0) is 11.4. The summed E-state index contributed by atoms with van der Waals surface area (Å²) in [6.07, 6.45) is 0. The van der Waals surface area contributed by atoms with Crippen LogP contribution < -0.4 is 16.8 Å². The van der Waals surface area contributed by atoms with Gasteiger partial charge >= 0.3 is 0 Å². The summed E-state index contributed by atoms with van der Waals surface area (Å²) < 4.78 is 0. The van der Waals surface area contributed by atoms with Gasteiger partial charge in [0.1, 0.15) is 0 Å². The van der Waals surface area contributed by atoms with Gasteiger partial charge in [-0.15, -0.1) is 0 Å². The first-order valence-corrected chi connectivity index (χ1v) is 5.11. The molecule has 0 unspecified atom stereocenters. The largest absolute Gasteiger partial charge is 0.397 e. The Balaban J connectivity index is 2.18. The standard InChI is InChI=1S/C13H14N3/c14-9-10-5-7-11(8-6-10)16-13-4-2-1-3-12(13)15/h2-8,16H,9,14-15H2. The maximum atomic E-state index is 5.81. The fourth-order valence-electron chi connectivity index (χ4n) is 1.44. The van der Waals surface area contributed by atoms with Gasteiger partial charge in [-0.2, -0.15) is 0 Å². The molecule has 81 valence electrons. The molecule has 0 spiro atoms. The lowest BCUT2D eigenvalue weighted by atomic mass is 10.2. The van der Waals surface area contributed by atoms with E-state index in [0.717, 1.165) is 16.9 Å². The number of anilines is 3. The lowest BCUT2D eigenvalue weighted by Gasteiger charge is -2.09. The summed E-state index contributed by atoms with van der Waals surface area (Å²) in [6, 6.07) is 16.3. The molecule has 5 N–H and O–H groups in total. The molecule has 16 heavy (non-hydrogen) atoms. The summed E-state index contributed by atoms with van der Waals surface area (Å²) in [6.45, 7) is 0.558. The molecule has 0 fully saturated rings. The zero-order valence-corrected chi connectivity index (χ0v) is 8.90. The summed E-state index contributed by atoms with van der Waals surface area (Å²) in [7, 11) is 0. The Bertz CT molecular complexity index is 463. The molecule has 2 rings (SSSR count). The molecule has 0 aromatic heterocycles. The van der Waals surface area contributed by atoms with Crippen LogP contribution in [0.25, 0.3) is 0 Å². The van der Waals surface area contributed by atoms with Crippen LogP contribution in [0.2, 0.25) is 0 Å². The molecule has 1 radical (unpaired) electrons. The average Bonchev–Trinajstić information content (AvgIpc) is 2.33. The van der Waals surface area contributed by atoms with E-state index in [9.17, 15) is 0 Å². The molecule has 0 aliphatic carbocycles. The smallest absolute Gasteiger partial charge is 0.0618 e. The van der Waals surface area contributed by atoms with E-state index in [4.69, 9.17) is 11.5 Å². The molecule has 0 atom stereocenters. The van der Waals surface area contributed by atoms with Crippen LogP contribution in [0.1, 0.15) is 5.56 Å². The summed E-state index contributed by atoms with van der Waals surface area (Å²) in [5.74, 6) is 0. The average molecular weight is 212 g/mol. The van der Waals surface area contributed by atoms with Gasteiger partial charge < -0.3 is 16.8 Å². The van der Waals surface area contributed by atoms with E-state index in [2.05, 4.69) is 11.4 Å². The maximum Gasteiger partial charge on any atom is 0.0618 e. The highest BCUT2D eigenvalue weighted by atomic mass is 14.9. The van der Waals surface area contributed by atoms with Crippen molar-refractivity contribution in [2.45, 2.75) is 6.54 Å². The Morgan fingerprint density at radius 3 is 2.50 bits per heavy atom. The predicted octanol–water partition coefficient (Wildman–Crippen LogP) is 2.27. The van der Waals surface area contributed by atoms with Crippen LogP contribution in [-0.2, 0) is 6.54 Å². The highest BCUT2D eigenvalue weighted by Gasteiger charge is 1.98. The van der Waals surface area contributed by atoms with Crippen LogP contribution in [0.4, 0.5) is 17.1 Å². The lowest BCUT2D eigenvalue weighted by Crippen LogP contribution is -1.98. The number of hydrogen-bond acceptors (Lipinski definition) is 3. The monoisotopic (exact) mass is 212 g/mol. The summed E-state index contributed by atoms with van der Waals surface area (Å²) in [5, 5.41) is 3.24. The molecule has 2 aromatic carbocycles. The fourth-order valence-corrected chi connectivity index (χ4v) is 1.44. The number of hydrogen-bond donors (Lipinski definition) is 3. The normalized spacial score (nSPS) is 10.1. The van der Waals surface area contributed by atoms with E-state index in [1.165, 1.54) is 0 Å². The van der Waals surface area contributed by atoms with Gasteiger partial charge in [-0.3, -0.25) is 0 Å². The van der Waals surface area contributed by atoms with Crippen molar-refractivity contribution >= 4 is 17.1 Å². The van der Waals surface area contributed by atoms with Crippen LogP contribution in [0.3, 0.4) is 0 Å². The number of rotatable bonds is 3. The summed E-state index contributed by atoms with van der Waals surface area (Å²) in [4.78, 5) is 0. The molecular formula is C13H14N3. The van der Waals surface area contributed by atoms with E-state index < -0.39 is 0 Å². The van der Waals surface area contributed by atoms with Crippen LogP contribution in [-0.4, -0.2) is 0 Å². The van der Waals surface area contributed by atoms with Gasteiger partial charge in [0.2, 0.25) is 0 Å². The van der Waals surface area contributed by atoms with E-state index in [1.807, 2.05) is 36.4 Å². The Kier molecular flexibility index (Phi) is 3.08. The van der Waals surface area contributed by atoms with Gasteiger partial charge in [-0.25, -0.2) is 0 Å². The first-order valence-electron chi connectivity index (χ1n) is 5.11. The minimum absolute atomic E-state index is 0.558. The minimum Gasteiger partial charge on any atom is -0.397 e. The van der Waals surface area contributed by atoms with Crippen LogP contribution >= 0.6 is 0 Å². The van der Waals surface area contributed by atoms with Gasteiger partial charge in [0, 0.05) is 12.2 Å². The molecule has 3 nitrogen and oxygen atoms in total. The maximum absolute atomic E-state index is 5.81. The summed E-state index contributed by atoms with van der Waals surface area (Å²) in [5.41, 5.74) is 15.0. The Morgan fingerprint density at radius 1 is 1.12 bits per heavy atom. The lowest BCUT2D eigenvalue weighted by molar-refractivity contribution is 1.07. The molecule has 3 heteroatoms. The molecule has 0 heterocycles. The van der Waals surface area contributed by atoms with Gasteiger partial charge in [-0.05, 0) is 35.9 Å². The predicted molar refractivity (Wildman–Crippen MR) is 67.3 cm³/mol. The first kappa shape index (κ1) is 10.5. The van der Waals surface area contributed by atoms with Gasteiger partial charge in [-0.1, -0.05) is 18.2 Å². The quantitative estimate of drug-likeness (QED) is 0.684. The SMILES string of the molecule is NCc1ccc(Nc2cc[c]cc2N)cc1. The number of nitrogen functional groups attached to an aromatic ring is 1. The van der Waals surface area contributed by atoms with E-state index in [-0.39, 0.29) is 0 Å². The Hall–Kier alpha value is -2.00. The highest BCUT2D eigenvalue weighted by Crippen LogP contribution is 2.22. The highest BCUT2D eigenvalue weighted by molar-refractivity contribution is 5.72. The second-order valence-electron chi connectivity index (χ2n) is 3.54. The molecule has 0 bridgehead atoms. The topological polar surface area (TPSA) is 64.1 Å². The van der Waals surface area contributed by atoms with Gasteiger partial charge in [0.15, 0.2) is 0 Å². The molecule has 0 saturated carbocycles. The molecule has 0 saturated heterocycles. The molecular weight excluding hydrogens is 198 g/mol. The van der Waals surface area contributed by atoms with Crippen molar-refractivity contribution in [3.8, 4) is 0 Å². The van der Waals surface area contributed by atoms with Crippen molar-refractivity contribution in [2.24, 2.45) is 5.73 Å². The van der Waals surface area contributed by atoms with E-state index in [1.54, 1.807) is 6.07 Å².